The Hall–Kier alpha value is -2.38. The van der Waals surface area contributed by atoms with Crippen molar-refractivity contribution >= 4 is 22.8 Å². The van der Waals surface area contributed by atoms with Crippen molar-refractivity contribution in [2.45, 2.75) is 6.04 Å². The lowest BCUT2D eigenvalue weighted by Crippen LogP contribution is -2.48. The van der Waals surface area contributed by atoms with Gasteiger partial charge in [0.2, 0.25) is 0 Å². The number of likely N-dealkylation sites (N-methyl/N-ethyl adjacent to an activating group) is 1. The van der Waals surface area contributed by atoms with E-state index in [1.807, 2.05) is 24.1 Å². The number of nitrogens with zero attached hydrogens (tertiary/aromatic N) is 3. The smallest absolute Gasteiger partial charge is 0.352 e. The van der Waals surface area contributed by atoms with Gasteiger partial charge in [-0.25, -0.2) is 4.79 Å². The minimum atomic E-state index is -1.11. The maximum absolute atomic E-state index is 12.1. The molecule has 1 saturated heterocycles. The van der Waals surface area contributed by atoms with Crippen molar-refractivity contribution in [3.63, 3.8) is 0 Å². The zero-order valence-electron chi connectivity index (χ0n) is 13.8. The highest BCUT2D eigenvalue weighted by Gasteiger charge is 2.36. The van der Waals surface area contributed by atoms with Crippen LogP contribution in [0.2, 0.25) is 0 Å². The number of piperazine rings is 1. The molecule has 0 saturated carbocycles. The molecular formula is C17H21N3O4. The van der Waals surface area contributed by atoms with Crippen LogP contribution >= 0.6 is 0 Å². The standard InChI is InChI=1S/C17H21N3O4/c1-18-7-9-20(10-8-18)15(17(23)24)13-11-5-3-4-6-12(11)19(2)14(13)16(21)22/h3-6,15H,7-10H2,1-2H3,(H,21,22)(H,23,24)/t15-/m0/s1. The van der Waals surface area contributed by atoms with Crippen LogP contribution in [0.3, 0.4) is 0 Å². The summed E-state index contributed by atoms with van der Waals surface area (Å²) in [5.74, 6) is -2.12. The Kier molecular flexibility index (Phi) is 4.29. The summed E-state index contributed by atoms with van der Waals surface area (Å²) in [5, 5.41) is 20.2. The average molecular weight is 331 g/mol. The molecule has 3 rings (SSSR count). The summed E-state index contributed by atoms with van der Waals surface area (Å²) in [6.45, 7) is 2.71. The molecule has 1 fully saturated rings. The van der Waals surface area contributed by atoms with E-state index in [0.717, 1.165) is 18.6 Å². The number of aliphatic carboxylic acids is 1. The minimum Gasteiger partial charge on any atom is -0.480 e. The van der Waals surface area contributed by atoms with E-state index in [9.17, 15) is 19.8 Å². The van der Waals surface area contributed by atoms with Gasteiger partial charge in [-0.1, -0.05) is 18.2 Å². The van der Waals surface area contributed by atoms with Crippen molar-refractivity contribution in [2.24, 2.45) is 7.05 Å². The van der Waals surface area contributed by atoms with Gasteiger partial charge in [0.15, 0.2) is 0 Å². The first kappa shape index (κ1) is 16.5. The Balaban J connectivity index is 2.19. The number of hydrogen-bond donors (Lipinski definition) is 2. The lowest BCUT2D eigenvalue weighted by atomic mass is 10.00. The molecule has 0 amide bonds. The quantitative estimate of drug-likeness (QED) is 0.877. The zero-order valence-corrected chi connectivity index (χ0v) is 13.8. The molecule has 2 aromatic rings. The summed E-state index contributed by atoms with van der Waals surface area (Å²) in [4.78, 5) is 27.9. The third kappa shape index (κ3) is 2.65. The molecule has 0 radical (unpaired) electrons. The molecule has 7 nitrogen and oxygen atoms in total. The highest BCUT2D eigenvalue weighted by atomic mass is 16.4. The van der Waals surface area contributed by atoms with Crippen LogP contribution in [-0.4, -0.2) is 69.7 Å². The van der Waals surface area contributed by atoms with Crippen LogP contribution in [-0.2, 0) is 11.8 Å². The number of benzene rings is 1. The van der Waals surface area contributed by atoms with Gasteiger partial charge in [0.05, 0.1) is 0 Å². The largest absolute Gasteiger partial charge is 0.480 e. The molecule has 1 aliphatic rings. The van der Waals surface area contributed by atoms with Crippen molar-refractivity contribution < 1.29 is 19.8 Å². The van der Waals surface area contributed by atoms with Crippen molar-refractivity contribution in [2.75, 3.05) is 33.2 Å². The molecule has 0 unspecified atom stereocenters. The molecule has 1 atom stereocenters. The van der Waals surface area contributed by atoms with Crippen LogP contribution in [0.15, 0.2) is 24.3 Å². The van der Waals surface area contributed by atoms with Crippen LogP contribution in [0.25, 0.3) is 10.9 Å². The predicted molar refractivity (Wildman–Crippen MR) is 89.3 cm³/mol. The van der Waals surface area contributed by atoms with Gasteiger partial charge < -0.3 is 19.7 Å². The van der Waals surface area contributed by atoms with Crippen LogP contribution < -0.4 is 0 Å². The van der Waals surface area contributed by atoms with E-state index < -0.39 is 18.0 Å². The first-order valence-corrected chi connectivity index (χ1v) is 7.87. The number of aryl methyl sites for hydroxylation is 1. The second-order valence-corrected chi connectivity index (χ2v) is 6.22. The van der Waals surface area contributed by atoms with Gasteiger partial charge in [0.25, 0.3) is 0 Å². The summed E-state index contributed by atoms with van der Waals surface area (Å²) >= 11 is 0. The number of carbonyl (C=O) groups is 2. The Bertz CT molecular complexity index is 790. The van der Waals surface area contributed by atoms with E-state index in [4.69, 9.17) is 0 Å². The van der Waals surface area contributed by atoms with Crippen molar-refractivity contribution in [1.82, 2.24) is 14.4 Å². The maximum Gasteiger partial charge on any atom is 0.352 e. The normalized spacial score (nSPS) is 17.9. The molecule has 1 aromatic heterocycles. The van der Waals surface area contributed by atoms with E-state index in [0.29, 0.717) is 24.0 Å². The molecule has 0 spiro atoms. The minimum absolute atomic E-state index is 0.0440. The number of aromatic nitrogens is 1. The molecule has 24 heavy (non-hydrogen) atoms. The monoisotopic (exact) mass is 331 g/mol. The summed E-state index contributed by atoms with van der Waals surface area (Å²) in [6.07, 6.45) is 0. The Morgan fingerprint density at radius 3 is 2.25 bits per heavy atom. The molecule has 1 aromatic carbocycles. The summed E-state index contributed by atoms with van der Waals surface area (Å²) in [5.41, 5.74) is 1.14. The van der Waals surface area contributed by atoms with E-state index in [2.05, 4.69) is 4.90 Å². The fourth-order valence-corrected chi connectivity index (χ4v) is 3.50. The number of carboxylic acids is 2. The second-order valence-electron chi connectivity index (χ2n) is 6.22. The molecule has 0 aliphatic carbocycles. The Morgan fingerprint density at radius 1 is 1.04 bits per heavy atom. The molecule has 2 N–H and O–H groups in total. The number of aromatic carboxylic acids is 1. The fourth-order valence-electron chi connectivity index (χ4n) is 3.50. The fraction of sp³-hybridized carbons (Fsp3) is 0.412. The van der Waals surface area contributed by atoms with E-state index in [1.54, 1.807) is 23.7 Å². The third-order valence-corrected chi connectivity index (χ3v) is 4.76. The Morgan fingerprint density at radius 2 is 1.67 bits per heavy atom. The summed E-state index contributed by atoms with van der Waals surface area (Å²) < 4.78 is 1.57. The molecule has 2 heterocycles. The van der Waals surface area contributed by atoms with E-state index in [-0.39, 0.29) is 5.69 Å². The summed E-state index contributed by atoms with van der Waals surface area (Å²) in [6, 6.07) is 6.27. The number of fused-ring (bicyclic) bond motifs is 1. The van der Waals surface area contributed by atoms with E-state index in [1.165, 1.54) is 0 Å². The second kappa shape index (κ2) is 6.26. The van der Waals surface area contributed by atoms with Gasteiger partial charge in [-0.05, 0) is 13.1 Å². The lowest BCUT2D eigenvalue weighted by Gasteiger charge is -2.36. The zero-order chi connectivity index (χ0) is 17.4. The van der Waals surface area contributed by atoms with Crippen LogP contribution in [0.1, 0.15) is 22.1 Å². The van der Waals surface area contributed by atoms with Gasteiger partial charge >= 0.3 is 11.9 Å². The van der Waals surface area contributed by atoms with Gasteiger partial charge in [-0.15, -0.1) is 0 Å². The van der Waals surface area contributed by atoms with Crippen LogP contribution in [0.5, 0.6) is 0 Å². The first-order valence-electron chi connectivity index (χ1n) is 7.87. The predicted octanol–water partition coefficient (Wildman–Crippen LogP) is 1.25. The van der Waals surface area contributed by atoms with Crippen molar-refractivity contribution in [3.8, 4) is 0 Å². The van der Waals surface area contributed by atoms with Crippen LogP contribution in [0, 0.1) is 0 Å². The molecule has 1 aliphatic heterocycles. The van der Waals surface area contributed by atoms with Crippen LogP contribution in [0.4, 0.5) is 0 Å². The number of carboxylic acid groups (broad SMARTS) is 2. The molecule has 128 valence electrons. The average Bonchev–Trinajstić information content (AvgIpc) is 2.83. The van der Waals surface area contributed by atoms with Gasteiger partial charge in [-0.2, -0.15) is 0 Å². The number of para-hydroxylation sites is 1. The van der Waals surface area contributed by atoms with Gasteiger partial charge in [-0.3, -0.25) is 9.69 Å². The highest BCUT2D eigenvalue weighted by molar-refractivity contribution is 6.01. The number of hydrogen-bond acceptors (Lipinski definition) is 4. The summed E-state index contributed by atoms with van der Waals surface area (Å²) in [7, 11) is 3.66. The van der Waals surface area contributed by atoms with E-state index >= 15 is 0 Å². The van der Waals surface area contributed by atoms with Crippen molar-refractivity contribution in [1.29, 1.82) is 0 Å². The third-order valence-electron chi connectivity index (χ3n) is 4.76. The van der Waals surface area contributed by atoms with Crippen molar-refractivity contribution in [3.05, 3.63) is 35.5 Å². The van der Waals surface area contributed by atoms with Gasteiger partial charge in [0, 0.05) is 49.7 Å². The Labute approximate surface area is 139 Å². The molecular weight excluding hydrogens is 310 g/mol. The highest BCUT2D eigenvalue weighted by Crippen LogP contribution is 2.34. The number of rotatable bonds is 4. The SMILES string of the molecule is CN1CCN([C@H](C(=O)O)c2c(C(=O)O)n(C)c3ccccc23)CC1. The first-order chi connectivity index (χ1) is 11.4. The molecule has 7 heteroatoms. The van der Waals surface area contributed by atoms with Gasteiger partial charge in [0.1, 0.15) is 11.7 Å². The topological polar surface area (TPSA) is 86.0 Å². The lowest BCUT2D eigenvalue weighted by molar-refractivity contribution is -0.144. The maximum atomic E-state index is 12.1. The molecule has 0 bridgehead atoms.